The number of amides is 1. The Morgan fingerprint density at radius 2 is 2.13 bits per heavy atom. The molecular formula is C19H24N2O2. The fourth-order valence-corrected chi connectivity index (χ4v) is 2.52. The van der Waals surface area contributed by atoms with Gasteiger partial charge >= 0.3 is 0 Å². The zero-order valence-corrected chi connectivity index (χ0v) is 13.8. The number of carbonyl (C=O) groups is 1. The van der Waals surface area contributed by atoms with Crippen molar-refractivity contribution in [2.75, 3.05) is 7.11 Å². The van der Waals surface area contributed by atoms with Gasteiger partial charge in [-0.15, -0.1) is 0 Å². The highest BCUT2D eigenvalue weighted by molar-refractivity contribution is 5.92. The summed E-state index contributed by atoms with van der Waals surface area (Å²) in [5, 5.41) is 3.11. The Kier molecular flexibility index (Phi) is 6.60. The van der Waals surface area contributed by atoms with E-state index >= 15 is 0 Å². The second-order valence-corrected chi connectivity index (χ2v) is 5.58. The molecule has 0 aliphatic heterocycles. The van der Waals surface area contributed by atoms with Gasteiger partial charge < -0.3 is 10.1 Å². The van der Waals surface area contributed by atoms with Crippen LogP contribution in [-0.2, 0) is 6.42 Å². The van der Waals surface area contributed by atoms with Gasteiger partial charge in [-0.25, -0.2) is 0 Å². The number of benzene rings is 1. The van der Waals surface area contributed by atoms with Gasteiger partial charge in [-0.2, -0.15) is 0 Å². The summed E-state index contributed by atoms with van der Waals surface area (Å²) in [4.78, 5) is 16.4. The van der Waals surface area contributed by atoms with E-state index in [0.717, 1.165) is 37.0 Å². The van der Waals surface area contributed by atoms with Crippen molar-refractivity contribution in [2.45, 2.75) is 38.6 Å². The molecule has 1 unspecified atom stereocenters. The highest BCUT2D eigenvalue weighted by Crippen LogP contribution is 2.16. The lowest BCUT2D eigenvalue weighted by Crippen LogP contribution is -2.36. The smallest absolute Gasteiger partial charge is 0.270 e. The number of hydrogen-bond donors (Lipinski definition) is 1. The average Bonchev–Trinajstić information content (AvgIpc) is 2.60. The van der Waals surface area contributed by atoms with Crippen molar-refractivity contribution in [3.8, 4) is 5.75 Å². The van der Waals surface area contributed by atoms with Crippen molar-refractivity contribution >= 4 is 5.91 Å². The Morgan fingerprint density at radius 3 is 2.83 bits per heavy atom. The number of hydrogen-bond acceptors (Lipinski definition) is 3. The first-order valence-electron chi connectivity index (χ1n) is 8.07. The summed E-state index contributed by atoms with van der Waals surface area (Å²) in [5.74, 6) is 0.724. The third kappa shape index (κ3) is 5.40. The molecule has 1 aromatic carbocycles. The molecule has 2 aromatic rings. The minimum atomic E-state index is -0.116. The van der Waals surface area contributed by atoms with Crippen LogP contribution in [0.2, 0.25) is 0 Å². The van der Waals surface area contributed by atoms with Crippen LogP contribution in [0.5, 0.6) is 5.75 Å². The Bertz CT molecular complexity index is 614. The molecule has 0 saturated heterocycles. The van der Waals surface area contributed by atoms with E-state index in [1.54, 1.807) is 19.4 Å². The first-order chi connectivity index (χ1) is 11.2. The fraction of sp³-hybridized carbons (Fsp3) is 0.368. The molecule has 23 heavy (non-hydrogen) atoms. The van der Waals surface area contributed by atoms with Gasteiger partial charge in [-0.05, 0) is 42.7 Å². The van der Waals surface area contributed by atoms with Crippen molar-refractivity contribution < 1.29 is 9.53 Å². The largest absolute Gasteiger partial charge is 0.497 e. The Morgan fingerprint density at radius 1 is 1.26 bits per heavy atom. The van der Waals surface area contributed by atoms with E-state index in [1.807, 2.05) is 30.3 Å². The minimum absolute atomic E-state index is 0.0940. The van der Waals surface area contributed by atoms with E-state index in [4.69, 9.17) is 4.74 Å². The fourth-order valence-electron chi connectivity index (χ4n) is 2.52. The molecule has 122 valence electrons. The van der Waals surface area contributed by atoms with Crippen molar-refractivity contribution in [2.24, 2.45) is 0 Å². The van der Waals surface area contributed by atoms with Gasteiger partial charge in [-0.1, -0.05) is 38.0 Å². The molecule has 0 fully saturated rings. The maximum absolute atomic E-state index is 12.3. The second-order valence-electron chi connectivity index (χ2n) is 5.58. The maximum atomic E-state index is 12.3. The molecule has 0 aliphatic rings. The molecule has 2 rings (SSSR count). The zero-order valence-electron chi connectivity index (χ0n) is 13.8. The van der Waals surface area contributed by atoms with Crippen molar-refractivity contribution in [3.63, 3.8) is 0 Å². The zero-order chi connectivity index (χ0) is 16.5. The van der Waals surface area contributed by atoms with Crippen LogP contribution in [0.15, 0.2) is 48.7 Å². The normalized spacial score (nSPS) is 11.7. The summed E-state index contributed by atoms with van der Waals surface area (Å²) >= 11 is 0. The quantitative estimate of drug-likeness (QED) is 0.810. The molecule has 1 amide bonds. The number of nitrogens with zero attached hydrogens (tertiary/aromatic N) is 1. The molecule has 1 aromatic heterocycles. The van der Waals surface area contributed by atoms with E-state index < -0.39 is 0 Å². The van der Waals surface area contributed by atoms with Crippen LogP contribution in [0.3, 0.4) is 0 Å². The van der Waals surface area contributed by atoms with Crippen LogP contribution >= 0.6 is 0 Å². The van der Waals surface area contributed by atoms with Gasteiger partial charge in [0.05, 0.1) is 7.11 Å². The molecule has 0 radical (unpaired) electrons. The van der Waals surface area contributed by atoms with E-state index in [9.17, 15) is 4.79 Å². The predicted molar refractivity (Wildman–Crippen MR) is 91.7 cm³/mol. The molecule has 1 atom stereocenters. The van der Waals surface area contributed by atoms with Crippen LogP contribution < -0.4 is 10.1 Å². The van der Waals surface area contributed by atoms with Gasteiger partial charge in [0.2, 0.25) is 0 Å². The summed E-state index contributed by atoms with van der Waals surface area (Å²) in [6.07, 6.45) is 5.56. The third-order valence-electron chi connectivity index (χ3n) is 3.76. The standard InChI is InChI=1S/C19H24N2O2/c1-3-4-9-16(13-15-8-7-10-17(14-15)23-2)21-19(22)18-11-5-6-12-20-18/h5-8,10-12,14,16H,3-4,9,13H2,1-2H3,(H,21,22). The number of aromatic nitrogens is 1. The summed E-state index contributed by atoms with van der Waals surface area (Å²) < 4.78 is 5.27. The number of carbonyl (C=O) groups excluding carboxylic acids is 1. The number of methoxy groups -OCH3 is 1. The highest BCUT2D eigenvalue weighted by atomic mass is 16.5. The van der Waals surface area contributed by atoms with Gasteiger partial charge in [-0.3, -0.25) is 9.78 Å². The number of rotatable bonds is 8. The second kappa shape index (κ2) is 8.93. The van der Waals surface area contributed by atoms with Gasteiger partial charge in [0.15, 0.2) is 0 Å². The Hall–Kier alpha value is -2.36. The van der Waals surface area contributed by atoms with E-state index in [2.05, 4.69) is 23.3 Å². The molecule has 4 nitrogen and oxygen atoms in total. The lowest BCUT2D eigenvalue weighted by atomic mass is 10.0. The number of pyridine rings is 1. The van der Waals surface area contributed by atoms with E-state index in [1.165, 1.54) is 0 Å². The van der Waals surface area contributed by atoms with Gasteiger partial charge in [0, 0.05) is 12.2 Å². The molecule has 4 heteroatoms. The Balaban J connectivity index is 2.05. The molecule has 0 spiro atoms. The number of unbranched alkanes of at least 4 members (excludes halogenated alkanes) is 1. The van der Waals surface area contributed by atoms with Crippen LogP contribution in [0, 0.1) is 0 Å². The Labute approximate surface area is 137 Å². The molecular weight excluding hydrogens is 288 g/mol. The van der Waals surface area contributed by atoms with Crippen LogP contribution in [-0.4, -0.2) is 24.0 Å². The van der Waals surface area contributed by atoms with E-state index in [0.29, 0.717) is 5.69 Å². The SMILES string of the molecule is CCCCC(Cc1cccc(OC)c1)NC(=O)c1ccccn1. The molecule has 1 heterocycles. The summed E-state index contributed by atoms with van der Waals surface area (Å²) in [5.41, 5.74) is 1.62. The van der Waals surface area contributed by atoms with Gasteiger partial charge in [0.25, 0.3) is 5.91 Å². The highest BCUT2D eigenvalue weighted by Gasteiger charge is 2.15. The van der Waals surface area contributed by atoms with Crippen LogP contribution in [0.4, 0.5) is 0 Å². The monoisotopic (exact) mass is 312 g/mol. The predicted octanol–water partition coefficient (Wildman–Crippen LogP) is 3.62. The lowest BCUT2D eigenvalue weighted by Gasteiger charge is -2.19. The molecule has 0 bridgehead atoms. The first kappa shape index (κ1) is 17.0. The lowest BCUT2D eigenvalue weighted by molar-refractivity contribution is 0.0929. The van der Waals surface area contributed by atoms with Gasteiger partial charge in [0.1, 0.15) is 11.4 Å². The minimum Gasteiger partial charge on any atom is -0.497 e. The first-order valence-corrected chi connectivity index (χ1v) is 8.07. The van der Waals surface area contributed by atoms with E-state index in [-0.39, 0.29) is 11.9 Å². The summed E-state index contributed by atoms with van der Waals surface area (Å²) in [7, 11) is 1.66. The van der Waals surface area contributed by atoms with Crippen molar-refractivity contribution in [1.82, 2.24) is 10.3 Å². The molecule has 1 N–H and O–H groups in total. The maximum Gasteiger partial charge on any atom is 0.270 e. The summed E-state index contributed by atoms with van der Waals surface area (Å²) in [6.45, 7) is 2.16. The number of nitrogens with one attached hydrogen (secondary N) is 1. The van der Waals surface area contributed by atoms with Crippen LogP contribution in [0.25, 0.3) is 0 Å². The molecule has 0 saturated carbocycles. The topological polar surface area (TPSA) is 51.2 Å². The molecule has 0 aliphatic carbocycles. The summed E-state index contributed by atoms with van der Waals surface area (Å²) in [6, 6.07) is 13.4. The van der Waals surface area contributed by atoms with Crippen molar-refractivity contribution in [3.05, 3.63) is 59.9 Å². The number of ether oxygens (including phenoxy) is 1. The van der Waals surface area contributed by atoms with Crippen LogP contribution in [0.1, 0.15) is 42.2 Å². The third-order valence-corrected chi connectivity index (χ3v) is 3.76. The average molecular weight is 312 g/mol. The van der Waals surface area contributed by atoms with Crippen molar-refractivity contribution in [1.29, 1.82) is 0 Å².